The van der Waals surface area contributed by atoms with Crippen LogP contribution in [0.25, 0.3) is 0 Å². The molecule has 23 heavy (non-hydrogen) atoms. The molecule has 4 nitrogen and oxygen atoms in total. The number of methoxy groups -OCH3 is 2. The minimum atomic E-state index is 0.603. The molecule has 0 aliphatic rings. The first kappa shape index (κ1) is 17.6. The Morgan fingerprint density at radius 3 is 2.30 bits per heavy atom. The van der Waals surface area contributed by atoms with Gasteiger partial charge in [0, 0.05) is 23.1 Å². The van der Waals surface area contributed by atoms with Crippen molar-refractivity contribution in [1.29, 1.82) is 0 Å². The van der Waals surface area contributed by atoms with Crippen LogP contribution in [0.3, 0.4) is 0 Å². The molecule has 0 saturated carbocycles. The highest BCUT2D eigenvalue weighted by Gasteiger charge is 2.10. The van der Waals surface area contributed by atoms with E-state index in [0.29, 0.717) is 13.2 Å². The summed E-state index contributed by atoms with van der Waals surface area (Å²) in [6, 6.07) is 11.9. The first-order valence-corrected chi connectivity index (χ1v) is 8.30. The molecule has 0 heterocycles. The molecule has 2 aromatic carbocycles. The van der Waals surface area contributed by atoms with Crippen LogP contribution in [0, 0.1) is 0 Å². The van der Waals surface area contributed by atoms with Crippen LogP contribution in [0.5, 0.6) is 17.2 Å². The minimum Gasteiger partial charge on any atom is -0.496 e. The maximum Gasteiger partial charge on any atom is 0.161 e. The Kier molecular flexibility index (Phi) is 6.74. The normalized spacial score (nSPS) is 10.4. The molecule has 0 aliphatic heterocycles. The number of hydrogen-bond acceptors (Lipinski definition) is 4. The summed E-state index contributed by atoms with van der Waals surface area (Å²) in [7, 11) is 3.33. The van der Waals surface area contributed by atoms with Crippen molar-refractivity contribution in [2.45, 2.75) is 20.0 Å². The lowest BCUT2D eigenvalue weighted by atomic mass is 10.1. The maximum absolute atomic E-state index is 5.63. The quantitative estimate of drug-likeness (QED) is 0.747. The molecule has 2 rings (SSSR count). The van der Waals surface area contributed by atoms with E-state index in [1.165, 1.54) is 0 Å². The summed E-state index contributed by atoms with van der Waals surface area (Å²) >= 11 is 3.59. The smallest absolute Gasteiger partial charge is 0.161 e. The van der Waals surface area contributed by atoms with Gasteiger partial charge in [-0.05, 0) is 30.7 Å². The lowest BCUT2D eigenvalue weighted by molar-refractivity contribution is 0.310. The van der Waals surface area contributed by atoms with Crippen molar-refractivity contribution in [3.05, 3.63) is 52.0 Å². The molecule has 0 unspecified atom stereocenters. The molecule has 124 valence electrons. The van der Waals surface area contributed by atoms with Crippen molar-refractivity contribution in [3.63, 3.8) is 0 Å². The second-order valence-electron chi connectivity index (χ2n) is 4.94. The van der Waals surface area contributed by atoms with E-state index in [-0.39, 0.29) is 0 Å². The number of para-hydroxylation sites is 1. The molecule has 0 atom stereocenters. The van der Waals surface area contributed by atoms with Crippen LogP contribution in [-0.4, -0.2) is 20.8 Å². The van der Waals surface area contributed by atoms with Crippen LogP contribution in [0.4, 0.5) is 0 Å². The molecule has 0 amide bonds. The van der Waals surface area contributed by atoms with Crippen molar-refractivity contribution in [2.24, 2.45) is 0 Å². The lowest BCUT2D eigenvalue weighted by Crippen LogP contribution is -2.14. The largest absolute Gasteiger partial charge is 0.496 e. The topological polar surface area (TPSA) is 39.7 Å². The monoisotopic (exact) mass is 379 g/mol. The molecular formula is C18H22BrNO3. The summed E-state index contributed by atoms with van der Waals surface area (Å²) in [5.74, 6) is 2.38. The third-order valence-corrected chi connectivity index (χ3v) is 4.19. The van der Waals surface area contributed by atoms with Crippen LogP contribution in [0.1, 0.15) is 18.1 Å². The van der Waals surface area contributed by atoms with E-state index in [0.717, 1.165) is 39.4 Å². The molecule has 0 saturated heterocycles. The molecule has 0 spiro atoms. The zero-order chi connectivity index (χ0) is 16.7. The first-order valence-electron chi connectivity index (χ1n) is 7.51. The highest BCUT2D eigenvalue weighted by molar-refractivity contribution is 9.10. The summed E-state index contributed by atoms with van der Waals surface area (Å²) in [6.07, 6.45) is 0. The van der Waals surface area contributed by atoms with Gasteiger partial charge < -0.3 is 19.5 Å². The van der Waals surface area contributed by atoms with E-state index in [4.69, 9.17) is 14.2 Å². The number of ether oxygens (including phenoxy) is 3. The van der Waals surface area contributed by atoms with Gasteiger partial charge in [-0.3, -0.25) is 0 Å². The van der Waals surface area contributed by atoms with E-state index in [9.17, 15) is 0 Å². The summed E-state index contributed by atoms with van der Waals surface area (Å²) < 4.78 is 17.3. The van der Waals surface area contributed by atoms with E-state index in [1.807, 2.05) is 37.3 Å². The number of benzene rings is 2. The average Bonchev–Trinajstić information content (AvgIpc) is 2.57. The van der Waals surface area contributed by atoms with Crippen molar-refractivity contribution < 1.29 is 14.2 Å². The van der Waals surface area contributed by atoms with Gasteiger partial charge in [-0.2, -0.15) is 0 Å². The molecular weight excluding hydrogens is 358 g/mol. The van der Waals surface area contributed by atoms with Crippen LogP contribution >= 0.6 is 15.9 Å². The van der Waals surface area contributed by atoms with E-state index < -0.39 is 0 Å². The molecule has 5 heteroatoms. The number of halogens is 1. The van der Waals surface area contributed by atoms with Gasteiger partial charge >= 0.3 is 0 Å². The maximum atomic E-state index is 5.63. The predicted octanol–water partition coefficient (Wildman–Crippen LogP) is 4.15. The van der Waals surface area contributed by atoms with E-state index in [1.54, 1.807) is 14.2 Å². The van der Waals surface area contributed by atoms with Gasteiger partial charge in [-0.15, -0.1) is 0 Å². The molecule has 0 fully saturated rings. The first-order chi connectivity index (χ1) is 11.2. The second kappa shape index (κ2) is 8.79. The van der Waals surface area contributed by atoms with Gasteiger partial charge in [0.25, 0.3) is 0 Å². The number of rotatable bonds is 8. The molecule has 0 aromatic heterocycles. The van der Waals surface area contributed by atoms with Gasteiger partial charge in [-0.25, -0.2) is 0 Å². The highest BCUT2D eigenvalue weighted by Crippen LogP contribution is 2.33. The van der Waals surface area contributed by atoms with Crippen molar-refractivity contribution in [2.75, 3.05) is 20.8 Å². The SMILES string of the molecule is CCOc1cc(CNCc2ccccc2OC)c(Br)cc1OC. The van der Waals surface area contributed by atoms with Gasteiger partial charge in [0.05, 0.1) is 20.8 Å². The minimum absolute atomic E-state index is 0.603. The molecule has 1 N–H and O–H groups in total. The standard InChI is InChI=1S/C18H22BrNO3/c1-4-23-18-9-14(15(19)10-17(18)22-3)12-20-11-13-7-5-6-8-16(13)21-2/h5-10,20H,4,11-12H2,1-3H3. The summed E-state index contributed by atoms with van der Waals surface area (Å²) in [5.41, 5.74) is 2.24. The molecule has 0 aliphatic carbocycles. The van der Waals surface area contributed by atoms with E-state index >= 15 is 0 Å². The van der Waals surface area contributed by atoms with Gasteiger partial charge in [0.15, 0.2) is 11.5 Å². The number of nitrogens with one attached hydrogen (secondary N) is 1. The third-order valence-electron chi connectivity index (χ3n) is 3.46. The summed E-state index contributed by atoms with van der Waals surface area (Å²) in [4.78, 5) is 0. The van der Waals surface area contributed by atoms with Crippen LogP contribution in [0.2, 0.25) is 0 Å². The van der Waals surface area contributed by atoms with Gasteiger partial charge in [0.2, 0.25) is 0 Å². The Morgan fingerprint density at radius 2 is 1.61 bits per heavy atom. The zero-order valence-electron chi connectivity index (χ0n) is 13.7. The highest BCUT2D eigenvalue weighted by atomic mass is 79.9. The zero-order valence-corrected chi connectivity index (χ0v) is 15.3. The Balaban J connectivity index is 2.06. The van der Waals surface area contributed by atoms with Crippen LogP contribution < -0.4 is 19.5 Å². The van der Waals surface area contributed by atoms with E-state index in [2.05, 4.69) is 27.3 Å². The van der Waals surface area contributed by atoms with Gasteiger partial charge in [-0.1, -0.05) is 34.1 Å². The molecule has 2 aromatic rings. The van der Waals surface area contributed by atoms with Crippen LogP contribution in [0.15, 0.2) is 40.9 Å². The van der Waals surface area contributed by atoms with Crippen molar-refractivity contribution >= 4 is 15.9 Å². The predicted molar refractivity (Wildman–Crippen MR) is 95.4 cm³/mol. The summed E-state index contributed by atoms with van der Waals surface area (Å²) in [6.45, 7) is 4.00. The Morgan fingerprint density at radius 1 is 0.913 bits per heavy atom. The lowest BCUT2D eigenvalue weighted by Gasteiger charge is -2.14. The Hall–Kier alpha value is -1.72. The fourth-order valence-corrected chi connectivity index (χ4v) is 2.78. The Bertz CT molecular complexity index is 646. The number of hydrogen-bond donors (Lipinski definition) is 1. The van der Waals surface area contributed by atoms with Crippen molar-refractivity contribution in [3.8, 4) is 17.2 Å². The average molecular weight is 380 g/mol. The van der Waals surface area contributed by atoms with Crippen molar-refractivity contribution in [1.82, 2.24) is 5.32 Å². The van der Waals surface area contributed by atoms with Crippen LogP contribution in [-0.2, 0) is 13.1 Å². The molecule has 0 bridgehead atoms. The fourth-order valence-electron chi connectivity index (χ4n) is 2.32. The van der Waals surface area contributed by atoms with Gasteiger partial charge in [0.1, 0.15) is 5.75 Å². The molecule has 0 radical (unpaired) electrons. The second-order valence-corrected chi connectivity index (χ2v) is 5.80. The third kappa shape index (κ3) is 4.62. The summed E-state index contributed by atoms with van der Waals surface area (Å²) in [5, 5.41) is 3.43. The Labute approximate surface area is 145 Å². The fraction of sp³-hybridized carbons (Fsp3) is 0.333.